The van der Waals surface area contributed by atoms with Gasteiger partial charge in [-0.2, -0.15) is 0 Å². The minimum absolute atomic E-state index is 0.0695. The highest BCUT2D eigenvalue weighted by molar-refractivity contribution is 7.80. The predicted molar refractivity (Wildman–Crippen MR) is 139 cm³/mol. The summed E-state index contributed by atoms with van der Waals surface area (Å²) in [6.07, 6.45) is 1.81. The van der Waals surface area contributed by atoms with Crippen molar-refractivity contribution < 1.29 is 9.13 Å². The maximum atomic E-state index is 13.6. The summed E-state index contributed by atoms with van der Waals surface area (Å²) in [6.45, 7) is 4.82. The van der Waals surface area contributed by atoms with Crippen molar-refractivity contribution >= 4 is 17.3 Å². The molecule has 2 aromatic heterocycles. The molecule has 5 rings (SSSR count). The summed E-state index contributed by atoms with van der Waals surface area (Å²) in [7, 11) is 1.67. The van der Waals surface area contributed by atoms with Crippen LogP contribution in [0.2, 0.25) is 0 Å². The van der Waals surface area contributed by atoms with Crippen LogP contribution in [0.4, 0.5) is 4.39 Å². The van der Waals surface area contributed by atoms with E-state index in [4.69, 9.17) is 17.0 Å². The molecule has 0 unspecified atom stereocenters. The lowest BCUT2D eigenvalue weighted by molar-refractivity contribution is 0.310. The Kier molecular flexibility index (Phi) is 6.26. The van der Waals surface area contributed by atoms with E-state index in [2.05, 4.69) is 51.8 Å². The summed E-state index contributed by atoms with van der Waals surface area (Å²) >= 11 is 5.85. The number of thiocarbonyl (C=S) groups is 1. The van der Waals surface area contributed by atoms with Gasteiger partial charge in [0.25, 0.3) is 0 Å². The monoisotopic (exact) mass is 486 g/mol. The quantitative estimate of drug-likeness (QED) is 0.349. The van der Waals surface area contributed by atoms with E-state index in [-0.39, 0.29) is 17.9 Å². The second kappa shape index (κ2) is 9.50. The zero-order valence-corrected chi connectivity index (χ0v) is 20.7. The lowest BCUT2D eigenvalue weighted by atomic mass is 9.96. The summed E-state index contributed by atoms with van der Waals surface area (Å²) in [5.74, 6) is 0.573. The molecule has 2 aromatic carbocycles. The van der Waals surface area contributed by atoms with Crippen molar-refractivity contribution in [3.63, 3.8) is 0 Å². The van der Waals surface area contributed by atoms with Crippen molar-refractivity contribution in [2.75, 3.05) is 7.11 Å². The molecular formula is C28H27FN4OS. The van der Waals surface area contributed by atoms with Crippen LogP contribution >= 0.6 is 12.2 Å². The number of hydrogen-bond acceptors (Lipinski definition) is 3. The molecule has 1 saturated heterocycles. The van der Waals surface area contributed by atoms with Gasteiger partial charge >= 0.3 is 0 Å². The molecule has 1 aliphatic heterocycles. The smallest absolute Gasteiger partial charge is 0.170 e. The Hall–Kier alpha value is -3.71. The van der Waals surface area contributed by atoms with E-state index in [0.717, 1.165) is 39.6 Å². The summed E-state index contributed by atoms with van der Waals surface area (Å²) in [6, 6.07) is 22.6. The number of nitrogens with one attached hydrogen (secondary N) is 1. The van der Waals surface area contributed by atoms with Crippen molar-refractivity contribution in [1.82, 2.24) is 19.8 Å². The largest absolute Gasteiger partial charge is 0.497 e. The number of benzene rings is 2. The van der Waals surface area contributed by atoms with Crippen molar-refractivity contribution in [2.45, 2.75) is 32.5 Å². The number of pyridine rings is 1. The molecule has 0 spiro atoms. The minimum Gasteiger partial charge on any atom is -0.497 e. The van der Waals surface area contributed by atoms with Gasteiger partial charge in [0.2, 0.25) is 0 Å². The molecule has 1 N–H and O–H groups in total. The Morgan fingerprint density at radius 1 is 1.03 bits per heavy atom. The summed E-state index contributed by atoms with van der Waals surface area (Å²) in [5, 5.41) is 4.21. The fourth-order valence-electron chi connectivity index (χ4n) is 4.92. The van der Waals surface area contributed by atoms with Crippen molar-refractivity contribution in [2.24, 2.45) is 0 Å². The molecule has 5 nitrogen and oxygen atoms in total. The van der Waals surface area contributed by atoms with Crippen molar-refractivity contribution in [1.29, 1.82) is 0 Å². The topological polar surface area (TPSA) is 42.3 Å². The van der Waals surface area contributed by atoms with E-state index >= 15 is 0 Å². The standard InChI is InChI=1S/C28H27FN4OS/c1-18-16-24(19(2)33(18)22-11-9-21(29)10-12-22)27-26(25-6-4-5-15-30-25)31-28(35)32(27)17-20-7-13-23(34-3)14-8-20/h4-16,26-27H,17H2,1-3H3,(H,31,35)/t26-,27-/m1/s1. The first-order valence-electron chi connectivity index (χ1n) is 11.5. The van der Waals surface area contributed by atoms with Gasteiger partial charge in [-0.3, -0.25) is 4.98 Å². The molecule has 178 valence electrons. The van der Waals surface area contributed by atoms with Gasteiger partial charge in [-0.25, -0.2) is 4.39 Å². The Labute approximate surface area is 210 Å². The highest BCUT2D eigenvalue weighted by Crippen LogP contribution is 2.42. The molecule has 0 bridgehead atoms. The third kappa shape index (κ3) is 4.39. The number of methoxy groups -OCH3 is 1. The van der Waals surface area contributed by atoms with Crippen LogP contribution in [0.25, 0.3) is 5.69 Å². The van der Waals surface area contributed by atoms with Crippen LogP contribution in [0.15, 0.2) is 79.0 Å². The minimum atomic E-state index is -0.248. The molecule has 7 heteroatoms. The molecule has 1 aliphatic rings. The third-order valence-corrected chi connectivity index (χ3v) is 6.94. The lowest BCUT2D eigenvalue weighted by Gasteiger charge is -2.28. The first-order valence-corrected chi connectivity index (χ1v) is 11.9. The van der Waals surface area contributed by atoms with Crippen LogP contribution in [0.5, 0.6) is 5.75 Å². The van der Waals surface area contributed by atoms with E-state index in [0.29, 0.717) is 11.7 Å². The Balaban J connectivity index is 1.59. The fourth-order valence-corrected chi connectivity index (χ4v) is 5.22. The summed E-state index contributed by atoms with van der Waals surface area (Å²) in [4.78, 5) is 6.88. The van der Waals surface area contributed by atoms with Gasteiger partial charge in [0, 0.05) is 29.8 Å². The van der Waals surface area contributed by atoms with Gasteiger partial charge in [0.1, 0.15) is 11.6 Å². The number of nitrogens with zero attached hydrogens (tertiary/aromatic N) is 3. The first-order chi connectivity index (χ1) is 17.0. The second-order valence-electron chi connectivity index (χ2n) is 8.74. The van der Waals surface area contributed by atoms with Crippen LogP contribution in [0.1, 0.15) is 40.3 Å². The zero-order valence-electron chi connectivity index (χ0n) is 19.9. The third-order valence-electron chi connectivity index (χ3n) is 6.58. The predicted octanol–water partition coefficient (Wildman–Crippen LogP) is 5.81. The summed E-state index contributed by atoms with van der Waals surface area (Å²) < 4.78 is 21.1. The van der Waals surface area contributed by atoms with Crippen LogP contribution in [-0.4, -0.2) is 26.7 Å². The van der Waals surface area contributed by atoms with Crippen molar-refractivity contribution in [3.05, 3.63) is 113 Å². The molecule has 2 atom stereocenters. The normalized spacial score (nSPS) is 17.5. The molecule has 0 aliphatic carbocycles. The zero-order chi connectivity index (χ0) is 24.5. The SMILES string of the molecule is COc1ccc(CN2C(=S)N[C@H](c3ccccn3)[C@H]2c2cc(C)n(-c3ccc(F)cc3)c2C)cc1. The van der Waals surface area contributed by atoms with Gasteiger partial charge in [-0.1, -0.05) is 18.2 Å². The van der Waals surface area contributed by atoms with Crippen molar-refractivity contribution in [3.8, 4) is 11.4 Å². The molecule has 0 radical (unpaired) electrons. The van der Waals surface area contributed by atoms with E-state index in [9.17, 15) is 4.39 Å². The van der Waals surface area contributed by atoms with Gasteiger partial charge in [0.15, 0.2) is 5.11 Å². The molecule has 35 heavy (non-hydrogen) atoms. The first kappa shape index (κ1) is 23.1. The maximum Gasteiger partial charge on any atom is 0.170 e. The maximum absolute atomic E-state index is 13.6. The van der Waals surface area contributed by atoms with Gasteiger partial charge in [-0.05, 0) is 91.8 Å². The molecule has 3 heterocycles. The van der Waals surface area contributed by atoms with Gasteiger partial charge in [0.05, 0.1) is 24.9 Å². The Bertz CT molecular complexity index is 1340. The number of hydrogen-bond donors (Lipinski definition) is 1. The van der Waals surface area contributed by atoms with Crippen LogP contribution < -0.4 is 10.1 Å². The van der Waals surface area contributed by atoms with Gasteiger partial charge < -0.3 is 19.5 Å². The lowest BCUT2D eigenvalue weighted by Crippen LogP contribution is -2.29. The van der Waals surface area contributed by atoms with E-state index in [1.54, 1.807) is 7.11 Å². The molecule has 0 saturated carbocycles. The molecule has 4 aromatic rings. The fraction of sp³-hybridized carbons (Fsp3) is 0.214. The number of halogens is 1. The van der Waals surface area contributed by atoms with E-state index < -0.39 is 0 Å². The highest BCUT2D eigenvalue weighted by Gasteiger charge is 2.41. The van der Waals surface area contributed by atoms with Gasteiger partial charge in [-0.15, -0.1) is 0 Å². The molecule has 1 fully saturated rings. The van der Waals surface area contributed by atoms with E-state index in [1.165, 1.54) is 12.1 Å². The summed E-state index contributed by atoms with van der Waals surface area (Å²) in [5.41, 5.74) is 6.32. The molecular weight excluding hydrogens is 459 g/mol. The Morgan fingerprint density at radius 3 is 2.43 bits per heavy atom. The van der Waals surface area contributed by atoms with Crippen LogP contribution in [-0.2, 0) is 6.54 Å². The average Bonchev–Trinajstić information content (AvgIpc) is 3.35. The number of aromatic nitrogens is 2. The van der Waals surface area contributed by atoms with Crippen LogP contribution in [0.3, 0.4) is 0 Å². The highest BCUT2D eigenvalue weighted by atomic mass is 32.1. The number of aryl methyl sites for hydroxylation is 1. The Morgan fingerprint density at radius 2 is 1.77 bits per heavy atom. The second-order valence-corrected chi connectivity index (χ2v) is 9.13. The number of rotatable bonds is 6. The average molecular weight is 487 g/mol. The number of ether oxygens (including phenoxy) is 1. The van der Waals surface area contributed by atoms with E-state index in [1.807, 2.05) is 48.7 Å². The molecule has 0 amide bonds. The van der Waals surface area contributed by atoms with Crippen LogP contribution in [0, 0.1) is 19.7 Å².